The van der Waals surface area contributed by atoms with Crippen molar-refractivity contribution in [3.05, 3.63) is 51.1 Å². The van der Waals surface area contributed by atoms with Gasteiger partial charge in [0.05, 0.1) is 16.7 Å². The van der Waals surface area contributed by atoms with Gasteiger partial charge in [-0.05, 0) is 29.8 Å². The first kappa shape index (κ1) is 16.3. The van der Waals surface area contributed by atoms with Crippen LogP contribution in [-0.4, -0.2) is 18.5 Å². The molecule has 0 bridgehead atoms. The largest absolute Gasteiger partial charge is 0.392 e. The molecule has 0 saturated carbocycles. The molecular weight excluding hydrogens is 359 g/mol. The number of benzene rings is 1. The molecule has 0 aliphatic heterocycles. The highest BCUT2D eigenvalue weighted by atomic mass is 35.5. The second-order valence-electron chi connectivity index (χ2n) is 3.97. The Morgan fingerprint density at radius 3 is 2.57 bits per heavy atom. The molecule has 1 heterocycles. The van der Waals surface area contributed by atoms with Crippen LogP contribution >= 0.6 is 34.8 Å². The van der Waals surface area contributed by atoms with E-state index in [-0.39, 0.29) is 31.3 Å². The summed E-state index contributed by atoms with van der Waals surface area (Å²) in [6.45, 7) is -0.438. The van der Waals surface area contributed by atoms with Crippen LogP contribution in [0, 0.1) is 0 Å². The van der Waals surface area contributed by atoms with E-state index in [4.69, 9.17) is 34.8 Å². The third-order valence-electron chi connectivity index (χ3n) is 2.53. The van der Waals surface area contributed by atoms with Crippen molar-refractivity contribution in [2.75, 3.05) is 4.72 Å². The van der Waals surface area contributed by atoms with Crippen LogP contribution in [0.5, 0.6) is 0 Å². The Labute approximate surface area is 136 Å². The van der Waals surface area contributed by atoms with Crippen molar-refractivity contribution in [3.8, 4) is 0 Å². The maximum absolute atomic E-state index is 12.4. The van der Waals surface area contributed by atoms with E-state index >= 15 is 0 Å². The third-order valence-corrected chi connectivity index (χ3v) is 4.97. The van der Waals surface area contributed by atoms with Crippen LogP contribution in [0.4, 0.5) is 5.82 Å². The number of nitrogens with zero attached hydrogens (tertiary/aromatic N) is 1. The molecule has 0 spiro atoms. The molecule has 1 aromatic carbocycles. The lowest BCUT2D eigenvalue weighted by atomic mass is 10.2. The smallest absolute Gasteiger partial charge is 0.264 e. The molecule has 2 aromatic rings. The Hall–Kier alpha value is -1.05. The van der Waals surface area contributed by atoms with Crippen molar-refractivity contribution in [1.29, 1.82) is 0 Å². The van der Waals surface area contributed by atoms with E-state index in [0.29, 0.717) is 0 Å². The van der Waals surface area contributed by atoms with E-state index in [1.165, 1.54) is 24.4 Å². The van der Waals surface area contributed by atoms with Gasteiger partial charge in [0.2, 0.25) is 0 Å². The quantitative estimate of drug-likeness (QED) is 0.868. The molecule has 0 radical (unpaired) electrons. The molecule has 112 valence electrons. The number of sulfonamides is 1. The highest BCUT2D eigenvalue weighted by molar-refractivity contribution is 7.92. The highest BCUT2D eigenvalue weighted by Gasteiger charge is 2.22. The molecule has 5 nitrogen and oxygen atoms in total. The van der Waals surface area contributed by atoms with Gasteiger partial charge < -0.3 is 5.11 Å². The first-order valence-corrected chi connectivity index (χ1v) is 8.19. The van der Waals surface area contributed by atoms with Gasteiger partial charge in [-0.3, -0.25) is 4.72 Å². The first-order chi connectivity index (χ1) is 9.85. The zero-order valence-corrected chi connectivity index (χ0v) is 13.4. The fourth-order valence-corrected chi connectivity index (χ4v) is 3.75. The van der Waals surface area contributed by atoms with Crippen molar-refractivity contribution in [2.24, 2.45) is 0 Å². The monoisotopic (exact) mass is 366 g/mol. The van der Waals surface area contributed by atoms with E-state index in [0.717, 1.165) is 0 Å². The molecular formula is C12H9Cl3N2O3S. The van der Waals surface area contributed by atoms with Gasteiger partial charge in [0.25, 0.3) is 10.0 Å². The maximum Gasteiger partial charge on any atom is 0.264 e. The lowest BCUT2D eigenvalue weighted by Gasteiger charge is -2.12. The Balaban J connectivity index is 2.50. The molecule has 0 aliphatic carbocycles. The molecule has 0 atom stereocenters. The van der Waals surface area contributed by atoms with Gasteiger partial charge >= 0.3 is 0 Å². The van der Waals surface area contributed by atoms with Crippen LogP contribution in [-0.2, 0) is 16.6 Å². The lowest BCUT2D eigenvalue weighted by molar-refractivity contribution is 0.281. The van der Waals surface area contributed by atoms with E-state index in [9.17, 15) is 13.5 Å². The topological polar surface area (TPSA) is 79.3 Å². The van der Waals surface area contributed by atoms with E-state index in [1.807, 2.05) is 0 Å². The zero-order chi connectivity index (χ0) is 15.6. The van der Waals surface area contributed by atoms with Crippen molar-refractivity contribution >= 4 is 50.6 Å². The number of nitrogens with one attached hydrogen (secondary N) is 1. The summed E-state index contributed by atoms with van der Waals surface area (Å²) in [5.74, 6) is -0.0271. The third kappa shape index (κ3) is 3.59. The summed E-state index contributed by atoms with van der Waals surface area (Å²) >= 11 is 17.7. The molecule has 0 aliphatic rings. The summed E-state index contributed by atoms with van der Waals surface area (Å²) in [5.41, 5.74) is 0.205. The van der Waals surface area contributed by atoms with Crippen LogP contribution in [0.1, 0.15) is 5.56 Å². The van der Waals surface area contributed by atoms with Gasteiger partial charge in [0, 0.05) is 11.2 Å². The molecule has 21 heavy (non-hydrogen) atoms. The summed E-state index contributed by atoms with van der Waals surface area (Å²) < 4.78 is 26.9. The number of aromatic nitrogens is 1. The fourth-order valence-electron chi connectivity index (χ4n) is 1.57. The number of rotatable bonds is 4. The summed E-state index contributed by atoms with van der Waals surface area (Å²) in [6.07, 6.45) is 1.39. The van der Waals surface area contributed by atoms with Crippen molar-refractivity contribution in [1.82, 2.24) is 4.98 Å². The SMILES string of the molecule is O=S(=O)(Nc1ncccc1Cl)c1cc(Cl)cc(CO)c1Cl. The van der Waals surface area contributed by atoms with Gasteiger partial charge in [-0.2, -0.15) is 0 Å². The fraction of sp³-hybridized carbons (Fsp3) is 0.0833. The molecule has 0 saturated heterocycles. The van der Waals surface area contributed by atoms with Crippen LogP contribution in [0.2, 0.25) is 15.1 Å². The van der Waals surface area contributed by atoms with E-state index < -0.39 is 16.6 Å². The summed E-state index contributed by atoms with van der Waals surface area (Å²) in [5, 5.41) is 9.34. The van der Waals surface area contributed by atoms with Gasteiger partial charge in [-0.25, -0.2) is 13.4 Å². The Morgan fingerprint density at radius 1 is 1.24 bits per heavy atom. The molecule has 0 fully saturated rings. The van der Waals surface area contributed by atoms with Gasteiger partial charge in [-0.1, -0.05) is 34.8 Å². The molecule has 2 rings (SSSR count). The number of anilines is 1. The number of halogens is 3. The van der Waals surface area contributed by atoms with Gasteiger partial charge in [0.15, 0.2) is 5.82 Å². The minimum absolute atomic E-state index is 0.0271. The highest BCUT2D eigenvalue weighted by Crippen LogP contribution is 2.31. The number of hydrogen-bond donors (Lipinski definition) is 2. The molecule has 1 aromatic heterocycles. The van der Waals surface area contributed by atoms with Crippen molar-refractivity contribution in [2.45, 2.75) is 11.5 Å². The Kier molecular flexibility index (Phi) is 4.95. The van der Waals surface area contributed by atoms with Crippen molar-refractivity contribution in [3.63, 3.8) is 0 Å². The second-order valence-corrected chi connectivity index (χ2v) is 6.85. The Morgan fingerprint density at radius 2 is 1.95 bits per heavy atom. The second kappa shape index (κ2) is 6.37. The minimum atomic E-state index is -4.05. The van der Waals surface area contributed by atoms with Crippen LogP contribution in [0.15, 0.2) is 35.4 Å². The van der Waals surface area contributed by atoms with E-state index in [2.05, 4.69) is 9.71 Å². The first-order valence-electron chi connectivity index (χ1n) is 5.57. The minimum Gasteiger partial charge on any atom is -0.392 e. The number of aliphatic hydroxyl groups excluding tert-OH is 1. The predicted octanol–water partition coefficient (Wildman–Crippen LogP) is 3.33. The van der Waals surface area contributed by atoms with Gasteiger partial charge in [-0.15, -0.1) is 0 Å². The van der Waals surface area contributed by atoms with Crippen LogP contribution < -0.4 is 4.72 Å². The molecule has 9 heteroatoms. The number of aliphatic hydroxyl groups is 1. The maximum atomic E-state index is 12.4. The summed E-state index contributed by atoms with van der Waals surface area (Å²) in [7, 11) is -4.05. The number of pyridine rings is 1. The van der Waals surface area contributed by atoms with Crippen molar-refractivity contribution < 1.29 is 13.5 Å². The average molecular weight is 368 g/mol. The standard InChI is InChI=1S/C12H9Cl3N2O3S/c13-8-4-7(6-18)11(15)10(5-8)21(19,20)17-12-9(14)2-1-3-16-12/h1-5,18H,6H2,(H,16,17). The summed E-state index contributed by atoms with van der Waals surface area (Å²) in [4.78, 5) is 3.57. The number of hydrogen-bond acceptors (Lipinski definition) is 4. The Bertz CT molecular complexity index is 781. The lowest BCUT2D eigenvalue weighted by Crippen LogP contribution is -2.15. The van der Waals surface area contributed by atoms with Crippen LogP contribution in [0.3, 0.4) is 0 Å². The zero-order valence-electron chi connectivity index (χ0n) is 10.3. The molecule has 0 amide bonds. The van der Waals surface area contributed by atoms with Gasteiger partial charge in [0.1, 0.15) is 4.90 Å². The average Bonchev–Trinajstić information content (AvgIpc) is 2.43. The molecule has 2 N–H and O–H groups in total. The predicted molar refractivity (Wildman–Crippen MR) is 82.4 cm³/mol. The summed E-state index contributed by atoms with van der Waals surface area (Å²) in [6, 6.07) is 5.63. The molecule has 0 unspecified atom stereocenters. The normalized spacial score (nSPS) is 11.4. The van der Waals surface area contributed by atoms with E-state index in [1.54, 1.807) is 6.07 Å². The van der Waals surface area contributed by atoms with Crippen LogP contribution in [0.25, 0.3) is 0 Å².